The average molecular weight is 470 g/mol. The van der Waals surface area contributed by atoms with E-state index in [0.29, 0.717) is 11.2 Å². The van der Waals surface area contributed by atoms with Crippen molar-refractivity contribution >= 4 is 58.8 Å². The first kappa shape index (κ1) is 23.6. The number of carbonyl (C=O) groups excluding carboxylic acids is 1. The van der Waals surface area contributed by atoms with Crippen LogP contribution in [0, 0.1) is 0 Å². The molecule has 0 aliphatic rings. The molecule has 0 saturated carbocycles. The van der Waals surface area contributed by atoms with Gasteiger partial charge in [-0.2, -0.15) is 0 Å². The second-order valence-corrected chi connectivity index (χ2v) is 12.0. The molecule has 6 nitrogen and oxygen atoms in total. The number of hydrogen-bond acceptors (Lipinski definition) is 7. The molecule has 0 aliphatic carbocycles. The minimum absolute atomic E-state index is 0.262. The highest BCUT2D eigenvalue weighted by Gasteiger charge is 2.28. The Balaban J connectivity index is 2.12. The fraction of sp³-hybridized carbons (Fsp3) is 0.263. The monoisotopic (exact) mass is 469 g/mol. The van der Waals surface area contributed by atoms with Crippen LogP contribution in [0.25, 0.3) is 0 Å². The molecule has 1 amide bonds. The molecule has 2 rings (SSSR count). The molecule has 0 fully saturated rings. The molecule has 0 aliphatic heterocycles. The molecule has 1 unspecified atom stereocenters. The van der Waals surface area contributed by atoms with Crippen LogP contribution >= 0.6 is 30.1 Å². The molecule has 10 heteroatoms. The molecule has 156 valence electrons. The van der Waals surface area contributed by atoms with Gasteiger partial charge in [0.25, 0.3) is 0 Å². The van der Waals surface area contributed by atoms with Gasteiger partial charge in [-0.1, -0.05) is 48.5 Å². The van der Waals surface area contributed by atoms with Crippen LogP contribution in [0.2, 0.25) is 0 Å². The van der Waals surface area contributed by atoms with Crippen LogP contribution in [-0.4, -0.2) is 29.4 Å². The number of rotatable bonds is 9. The number of hydrogen-bond donors (Lipinski definition) is 1. The molecule has 0 spiro atoms. The Hall–Kier alpha value is -1.67. The van der Waals surface area contributed by atoms with Gasteiger partial charge in [0, 0.05) is 6.16 Å². The van der Waals surface area contributed by atoms with Crippen molar-refractivity contribution in [2.45, 2.75) is 13.8 Å². The van der Waals surface area contributed by atoms with Crippen LogP contribution in [0.1, 0.15) is 13.8 Å². The molecule has 0 saturated heterocycles. The number of oxime groups is 1. The smallest absolute Gasteiger partial charge is 0.434 e. The molecular weight excluding hydrogens is 445 g/mol. The van der Waals surface area contributed by atoms with E-state index < -0.39 is 12.5 Å². The molecule has 0 radical (unpaired) electrons. The van der Waals surface area contributed by atoms with Crippen molar-refractivity contribution in [1.82, 2.24) is 5.32 Å². The number of amides is 1. The fourth-order valence-corrected chi connectivity index (χ4v) is 6.47. The summed E-state index contributed by atoms with van der Waals surface area (Å²) in [5.41, 5.74) is 0.921. The standard InChI is InChI=1S/C19H24N3O3PS3/c1-4-26(27,25-18-13-9-6-10-14-18)22(17-11-7-5-8-12-17)29-15-20-19(23)24-21-16(2)28-3/h5-14H,4,15H2,1-3H3,(H,20,23)/b21-16+. The molecule has 1 N–H and O–H groups in total. The normalized spacial score (nSPS) is 13.3. The van der Waals surface area contributed by atoms with Gasteiger partial charge in [-0.3, -0.25) is 8.91 Å². The van der Waals surface area contributed by atoms with Crippen LogP contribution in [0.3, 0.4) is 0 Å². The third kappa shape index (κ3) is 7.59. The maximum absolute atomic E-state index is 11.9. The van der Waals surface area contributed by atoms with E-state index in [0.717, 1.165) is 11.4 Å². The van der Waals surface area contributed by atoms with Gasteiger partial charge in [-0.15, -0.1) is 11.8 Å². The summed E-state index contributed by atoms with van der Waals surface area (Å²) in [5.74, 6) is 0.992. The van der Waals surface area contributed by atoms with Crippen LogP contribution in [0.5, 0.6) is 5.75 Å². The van der Waals surface area contributed by atoms with Crippen molar-refractivity contribution < 1.29 is 14.2 Å². The third-order valence-electron chi connectivity index (χ3n) is 3.60. The predicted molar refractivity (Wildman–Crippen MR) is 130 cm³/mol. The van der Waals surface area contributed by atoms with Gasteiger partial charge in [-0.25, -0.2) is 4.79 Å². The molecular formula is C19H24N3O3PS3. The Labute approximate surface area is 185 Å². The topological polar surface area (TPSA) is 63.2 Å². The number of nitrogens with one attached hydrogen (secondary N) is 1. The van der Waals surface area contributed by atoms with Gasteiger partial charge in [0.15, 0.2) is 0 Å². The van der Waals surface area contributed by atoms with E-state index in [1.165, 1.54) is 23.7 Å². The fourth-order valence-electron chi connectivity index (χ4n) is 2.10. The molecule has 2 aromatic carbocycles. The summed E-state index contributed by atoms with van der Waals surface area (Å²) < 4.78 is 8.27. The Morgan fingerprint density at radius 3 is 2.38 bits per heavy atom. The molecule has 29 heavy (non-hydrogen) atoms. The van der Waals surface area contributed by atoms with Crippen molar-refractivity contribution in [2.75, 3.05) is 22.4 Å². The first-order chi connectivity index (χ1) is 14.0. The minimum Gasteiger partial charge on any atom is -0.448 e. The highest BCUT2D eigenvalue weighted by molar-refractivity contribution is 8.21. The lowest BCUT2D eigenvalue weighted by molar-refractivity contribution is 0.153. The number of thioether (sulfide) groups is 1. The summed E-state index contributed by atoms with van der Waals surface area (Å²) in [7, 11) is 0. The van der Waals surface area contributed by atoms with Crippen molar-refractivity contribution in [3.05, 3.63) is 60.7 Å². The number of carbonyl (C=O) groups is 1. The second kappa shape index (κ2) is 12.1. The quantitative estimate of drug-likeness (QED) is 0.0929. The Morgan fingerprint density at radius 2 is 1.79 bits per heavy atom. The van der Waals surface area contributed by atoms with Gasteiger partial charge < -0.3 is 9.84 Å². The van der Waals surface area contributed by atoms with Gasteiger partial charge in [0.2, 0.25) is 6.42 Å². The summed E-state index contributed by atoms with van der Waals surface area (Å²) in [5, 5.41) is 7.07. The van der Waals surface area contributed by atoms with Gasteiger partial charge in [-0.05, 0) is 61.2 Å². The van der Waals surface area contributed by atoms with E-state index >= 15 is 0 Å². The predicted octanol–water partition coefficient (Wildman–Crippen LogP) is 5.93. The average Bonchev–Trinajstić information content (AvgIpc) is 2.76. The lowest BCUT2D eigenvalue weighted by Gasteiger charge is -2.34. The van der Waals surface area contributed by atoms with E-state index in [1.54, 1.807) is 6.92 Å². The van der Waals surface area contributed by atoms with Crippen molar-refractivity contribution in [1.29, 1.82) is 0 Å². The molecule has 0 bridgehead atoms. The summed E-state index contributed by atoms with van der Waals surface area (Å²) in [6.45, 7) is 3.78. The Morgan fingerprint density at radius 1 is 1.17 bits per heavy atom. The highest BCUT2D eigenvalue weighted by Crippen LogP contribution is 2.56. The van der Waals surface area contributed by atoms with E-state index in [1.807, 2.05) is 77.9 Å². The zero-order valence-corrected chi connectivity index (χ0v) is 19.8. The van der Waals surface area contributed by atoms with E-state index in [9.17, 15) is 4.79 Å². The maximum Gasteiger partial charge on any atom is 0.434 e. The lowest BCUT2D eigenvalue weighted by Crippen LogP contribution is -2.26. The number of para-hydroxylation sites is 2. The minimum atomic E-state index is -2.44. The zero-order valence-electron chi connectivity index (χ0n) is 16.5. The lowest BCUT2D eigenvalue weighted by atomic mass is 10.3. The molecule has 2 aromatic rings. The summed E-state index contributed by atoms with van der Waals surface area (Å²) in [6.07, 6.45) is -0.549. The Bertz CT molecular complexity index is 854. The Kier molecular flexibility index (Phi) is 9.87. The van der Waals surface area contributed by atoms with Gasteiger partial charge in [0.05, 0.1) is 11.6 Å². The SMILES string of the molecule is CCP(=S)(Oc1ccccc1)N(SCNC(=O)O/N=C(\C)SC)c1ccccc1. The number of nitrogens with zero attached hydrogens (tertiary/aromatic N) is 2. The number of benzene rings is 2. The van der Waals surface area contributed by atoms with Crippen LogP contribution in [0.15, 0.2) is 65.8 Å². The summed E-state index contributed by atoms with van der Waals surface area (Å²) >= 11 is 8.78. The highest BCUT2D eigenvalue weighted by atomic mass is 32.5. The zero-order chi connectivity index (χ0) is 21.1. The van der Waals surface area contributed by atoms with Crippen molar-refractivity contribution in [3.8, 4) is 5.75 Å². The van der Waals surface area contributed by atoms with E-state index in [2.05, 4.69) is 10.5 Å². The van der Waals surface area contributed by atoms with E-state index in [4.69, 9.17) is 21.2 Å². The van der Waals surface area contributed by atoms with Crippen LogP contribution in [-0.2, 0) is 16.6 Å². The molecule has 1 atom stereocenters. The first-order valence-corrected chi connectivity index (χ1v) is 13.9. The van der Waals surface area contributed by atoms with Crippen molar-refractivity contribution in [2.24, 2.45) is 5.16 Å². The molecule has 0 aromatic heterocycles. The van der Waals surface area contributed by atoms with Crippen molar-refractivity contribution in [3.63, 3.8) is 0 Å². The first-order valence-electron chi connectivity index (χ1n) is 8.84. The largest absolute Gasteiger partial charge is 0.448 e. The van der Waals surface area contributed by atoms with Crippen LogP contribution in [0.4, 0.5) is 10.5 Å². The van der Waals surface area contributed by atoms with Crippen LogP contribution < -0.4 is 13.9 Å². The number of anilines is 1. The second-order valence-electron chi connectivity index (χ2n) is 5.61. The summed E-state index contributed by atoms with van der Waals surface area (Å²) in [4.78, 5) is 16.7. The van der Waals surface area contributed by atoms with Gasteiger partial charge in [0.1, 0.15) is 10.8 Å². The maximum atomic E-state index is 11.9. The molecule has 0 heterocycles. The third-order valence-corrected chi connectivity index (χ3v) is 10.0. The summed E-state index contributed by atoms with van der Waals surface area (Å²) in [6, 6.07) is 19.3. The van der Waals surface area contributed by atoms with Gasteiger partial charge >= 0.3 is 6.09 Å². The van der Waals surface area contributed by atoms with E-state index in [-0.39, 0.29) is 5.88 Å².